The summed E-state index contributed by atoms with van der Waals surface area (Å²) in [5.74, 6) is 0. The van der Waals surface area contributed by atoms with Crippen LogP contribution in [0.3, 0.4) is 0 Å². The summed E-state index contributed by atoms with van der Waals surface area (Å²) in [5, 5.41) is 0. The molecule has 2 nitrogen and oxygen atoms in total. The van der Waals surface area contributed by atoms with Gasteiger partial charge in [-0.05, 0) is 18.6 Å². The van der Waals surface area contributed by atoms with E-state index in [2.05, 4.69) is 46.6 Å². The lowest BCUT2D eigenvalue weighted by molar-refractivity contribution is -0.644. The molecule has 0 atom stereocenters. The molecule has 0 unspecified atom stereocenters. The van der Waals surface area contributed by atoms with Crippen molar-refractivity contribution in [3.05, 3.63) is 36.3 Å². The number of halogens is 1. The highest BCUT2D eigenvalue weighted by Gasteiger charge is 2.03. The monoisotopic (exact) mass is 274 g/mol. The van der Waals surface area contributed by atoms with Crippen LogP contribution >= 0.6 is 0 Å². The standard InChI is InChI=1S/C9H11N2.HI/c1-8-3-4-9-10(2)5-6-11(9)7-8;/h3-7H,1-2H3;1H/q+1;/p-1. The van der Waals surface area contributed by atoms with Gasteiger partial charge in [0.1, 0.15) is 12.4 Å². The third-order valence-electron chi connectivity index (χ3n) is 1.91. The maximum atomic E-state index is 2.12. The average molecular weight is 274 g/mol. The molecular weight excluding hydrogens is 263 g/mol. The van der Waals surface area contributed by atoms with Gasteiger partial charge in [-0.15, -0.1) is 0 Å². The molecule has 0 aromatic carbocycles. The van der Waals surface area contributed by atoms with Crippen molar-refractivity contribution in [2.45, 2.75) is 6.92 Å². The van der Waals surface area contributed by atoms with Crippen LogP contribution in [0.25, 0.3) is 5.65 Å². The van der Waals surface area contributed by atoms with E-state index in [4.69, 9.17) is 0 Å². The molecule has 0 spiro atoms. The highest BCUT2D eigenvalue weighted by Crippen LogP contribution is 2.00. The molecule has 0 amide bonds. The summed E-state index contributed by atoms with van der Waals surface area (Å²) in [6.45, 7) is 2.10. The van der Waals surface area contributed by atoms with Crippen LogP contribution in [0.4, 0.5) is 0 Å². The molecule has 0 aliphatic heterocycles. The molecule has 0 radical (unpaired) electrons. The first-order valence-electron chi connectivity index (χ1n) is 3.70. The summed E-state index contributed by atoms with van der Waals surface area (Å²) in [7, 11) is 2.05. The molecule has 0 aliphatic carbocycles. The minimum absolute atomic E-state index is 0. The Morgan fingerprint density at radius 1 is 1.33 bits per heavy atom. The van der Waals surface area contributed by atoms with Gasteiger partial charge in [-0.1, -0.05) is 0 Å². The van der Waals surface area contributed by atoms with E-state index in [1.54, 1.807) is 0 Å². The lowest BCUT2D eigenvalue weighted by atomic mass is 10.3. The van der Waals surface area contributed by atoms with Crippen molar-refractivity contribution in [3.8, 4) is 0 Å². The van der Waals surface area contributed by atoms with E-state index in [-0.39, 0.29) is 24.0 Å². The molecule has 0 fully saturated rings. The van der Waals surface area contributed by atoms with Gasteiger partial charge in [0, 0.05) is 6.07 Å². The van der Waals surface area contributed by atoms with Gasteiger partial charge in [-0.2, -0.15) is 0 Å². The first kappa shape index (κ1) is 9.51. The fraction of sp³-hybridized carbons (Fsp3) is 0.222. The number of fused-ring (bicyclic) bond motifs is 1. The second-order valence-corrected chi connectivity index (χ2v) is 2.88. The van der Waals surface area contributed by atoms with Crippen LogP contribution in [0.2, 0.25) is 0 Å². The number of aromatic nitrogens is 2. The van der Waals surface area contributed by atoms with Gasteiger partial charge < -0.3 is 24.0 Å². The Morgan fingerprint density at radius 2 is 2.08 bits per heavy atom. The van der Waals surface area contributed by atoms with Crippen LogP contribution in [0.5, 0.6) is 0 Å². The third kappa shape index (κ3) is 1.46. The van der Waals surface area contributed by atoms with Gasteiger partial charge >= 0.3 is 0 Å². The number of aryl methyl sites for hydroxylation is 2. The van der Waals surface area contributed by atoms with E-state index in [1.165, 1.54) is 11.2 Å². The fourth-order valence-corrected chi connectivity index (χ4v) is 1.29. The maximum absolute atomic E-state index is 2.12. The SMILES string of the molecule is Cc1ccc2n(cc[n+]2C)c1.[I-]. The Bertz CT molecular complexity index is 392. The number of hydrogen-bond donors (Lipinski definition) is 0. The van der Waals surface area contributed by atoms with Crippen LogP contribution in [-0.2, 0) is 7.05 Å². The summed E-state index contributed by atoms with van der Waals surface area (Å²) in [4.78, 5) is 0. The summed E-state index contributed by atoms with van der Waals surface area (Å²) in [6.07, 6.45) is 6.23. The quantitative estimate of drug-likeness (QED) is 0.391. The molecule has 0 saturated heterocycles. The minimum Gasteiger partial charge on any atom is -1.00 e. The molecule has 0 N–H and O–H groups in total. The highest BCUT2D eigenvalue weighted by molar-refractivity contribution is 5.33. The predicted molar refractivity (Wildman–Crippen MR) is 43.3 cm³/mol. The van der Waals surface area contributed by atoms with E-state index >= 15 is 0 Å². The molecule has 12 heavy (non-hydrogen) atoms. The summed E-state index contributed by atoms with van der Waals surface area (Å²) >= 11 is 0. The smallest absolute Gasteiger partial charge is 0.285 e. The van der Waals surface area contributed by atoms with Gasteiger partial charge in [0.05, 0.1) is 13.2 Å². The van der Waals surface area contributed by atoms with Gasteiger partial charge in [0.25, 0.3) is 5.65 Å². The molecule has 3 heteroatoms. The van der Waals surface area contributed by atoms with Crippen molar-refractivity contribution < 1.29 is 28.5 Å². The van der Waals surface area contributed by atoms with Crippen molar-refractivity contribution in [2.75, 3.05) is 0 Å². The summed E-state index contributed by atoms with van der Waals surface area (Å²) < 4.78 is 4.22. The highest BCUT2D eigenvalue weighted by atomic mass is 127. The zero-order valence-electron chi connectivity index (χ0n) is 7.16. The lowest BCUT2D eigenvalue weighted by Crippen LogP contribution is -3.00. The molecule has 0 saturated carbocycles. The normalized spacial score (nSPS) is 9.83. The maximum Gasteiger partial charge on any atom is 0.285 e. The topological polar surface area (TPSA) is 8.29 Å². The summed E-state index contributed by atoms with van der Waals surface area (Å²) in [6, 6.07) is 4.24. The fourth-order valence-electron chi connectivity index (χ4n) is 1.29. The van der Waals surface area contributed by atoms with Gasteiger partial charge in [-0.25, -0.2) is 8.97 Å². The molecule has 2 aromatic heterocycles. The predicted octanol–water partition coefficient (Wildman–Crippen LogP) is -1.92. The van der Waals surface area contributed by atoms with Crippen LogP contribution < -0.4 is 28.5 Å². The summed E-state index contributed by atoms with van der Waals surface area (Å²) in [5.41, 5.74) is 2.50. The number of imidazole rings is 1. The van der Waals surface area contributed by atoms with Crippen molar-refractivity contribution >= 4 is 5.65 Å². The zero-order valence-corrected chi connectivity index (χ0v) is 9.32. The van der Waals surface area contributed by atoms with E-state index in [1.807, 2.05) is 7.05 Å². The lowest BCUT2D eigenvalue weighted by Gasteiger charge is -1.89. The van der Waals surface area contributed by atoms with Gasteiger partial charge in [0.2, 0.25) is 0 Å². The van der Waals surface area contributed by atoms with Crippen LogP contribution in [-0.4, -0.2) is 4.40 Å². The average Bonchev–Trinajstić information content (AvgIpc) is 2.32. The molecule has 2 heterocycles. The van der Waals surface area contributed by atoms with Crippen LogP contribution in [0, 0.1) is 6.92 Å². The first-order chi connectivity index (χ1) is 5.27. The van der Waals surface area contributed by atoms with Crippen LogP contribution in [0.1, 0.15) is 5.56 Å². The number of pyridine rings is 1. The minimum atomic E-state index is 0. The Morgan fingerprint density at radius 3 is 2.83 bits per heavy atom. The van der Waals surface area contributed by atoms with Crippen molar-refractivity contribution in [2.24, 2.45) is 7.05 Å². The van der Waals surface area contributed by atoms with E-state index in [0.29, 0.717) is 0 Å². The number of nitrogens with zero attached hydrogens (tertiary/aromatic N) is 2. The molecule has 64 valence electrons. The van der Waals surface area contributed by atoms with Crippen molar-refractivity contribution in [1.29, 1.82) is 0 Å². The Hall–Kier alpha value is -0.580. The third-order valence-corrected chi connectivity index (χ3v) is 1.91. The molecule has 2 aromatic rings. The van der Waals surface area contributed by atoms with Gasteiger partial charge in [0.15, 0.2) is 0 Å². The molecular formula is C9H11IN2. The second-order valence-electron chi connectivity index (χ2n) is 2.88. The first-order valence-corrected chi connectivity index (χ1v) is 3.70. The van der Waals surface area contributed by atoms with E-state index in [0.717, 1.165) is 0 Å². The van der Waals surface area contributed by atoms with Crippen LogP contribution in [0.15, 0.2) is 30.7 Å². The van der Waals surface area contributed by atoms with Gasteiger partial charge in [-0.3, -0.25) is 0 Å². The van der Waals surface area contributed by atoms with E-state index in [9.17, 15) is 0 Å². The van der Waals surface area contributed by atoms with Crippen molar-refractivity contribution in [3.63, 3.8) is 0 Å². The Kier molecular flexibility index (Phi) is 2.72. The Labute approximate surface area is 88.9 Å². The van der Waals surface area contributed by atoms with Crippen molar-refractivity contribution in [1.82, 2.24) is 4.40 Å². The molecule has 0 aliphatic rings. The Balaban J connectivity index is 0.000000720. The number of rotatable bonds is 0. The largest absolute Gasteiger partial charge is 1.00 e. The second kappa shape index (κ2) is 3.43. The number of hydrogen-bond acceptors (Lipinski definition) is 0. The molecule has 2 rings (SSSR count). The van der Waals surface area contributed by atoms with E-state index < -0.39 is 0 Å². The zero-order chi connectivity index (χ0) is 7.84. The molecule has 0 bridgehead atoms.